The molecule has 1 saturated carbocycles. The zero-order chi connectivity index (χ0) is 18.2. The molecule has 7 nitrogen and oxygen atoms in total. The summed E-state index contributed by atoms with van der Waals surface area (Å²) < 4.78 is 33.0. The van der Waals surface area contributed by atoms with Crippen LogP contribution in [-0.4, -0.2) is 61.7 Å². The first kappa shape index (κ1) is 21.5. The number of methoxy groups -OCH3 is 1. The molecule has 0 saturated heterocycles. The van der Waals surface area contributed by atoms with E-state index in [-0.39, 0.29) is 24.5 Å². The molecule has 1 aliphatic carbocycles. The van der Waals surface area contributed by atoms with Crippen molar-refractivity contribution in [3.05, 3.63) is 0 Å². The molecule has 1 aliphatic rings. The summed E-state index contributed by atoms with van der Waals surface area (Å²) in [6, 6.07) is 0.756. The van der Waals surface area contributed by atoms with E-state index in [2.05, 4.69) is 0 Å². The van der Waals surface area contributed by atoms with Gasteiger partial charge in [-0.3, -0.25) is 4.79 Å². The number of carbonyl (C=O) groups is 1. The predicted octanol–water partition coefficient (Wildman–Crippen LogP) is 2.36. The molecule has 0 aromatic heterocycles. The van der Waals surface area contributed by atoms with E-state index in [0.29, 0.717) is 5.92 Å². The molecule has 4 unspecified atom stereocenters. The summed E-state index contributed by atoms with van der Waals surface area (Å²) in [5.74, 6) is 0.167. The fourth-order valence-corrected chi connectivity index (χ4v) is 5.05. The maximum absolute atomic E-state index is 11.3. The lowest BCUT2D eigenvalue weighted by Crippen LogP contribution is -2.44. The zero-order valence-corrected chi connectivity index (χ0v) is 16.7. The maximum Gasteiger partial charge on any atom is 0.500 e. The average Bonchev–Trinajstić information content (AvgIpc) is 2.58. The second kappa shape index (κ2) is 10.5. The van der Waals surface area contributed by atoms with Crippen molar-refractivity contribution in [2.75, 3.05) is 28.4 Å². The Kier molecular flexibility index (Phi) is 9.39. The van der Waals surface area contributed by atoms with Crippen LogP contribution in [0.15, 0.2) is 0 Å². The highest BCUT2D eigenvalue weighted by Gasteiger charge is 2.40. The molecule has 0 aromatic carbocycles. The summed E-state index contributed by atoms with van der Waals surface area (Å²) >= 11 is 0. The van der Waals surface area contributed by atoms with Crippen LogP contribution in [0.1, 0.15) is 39.5 Å². The zero-order valence-electron chi connectivity index (χ0n) is 15.7. The van der Waals surface area contributed by atoms with Crippen molar-refractivity contribution in [1.82, 2.24) is 0 Å². The Bertz CT molecular complexity index is 367. The van der Waals surface area contributed by atoms with Gasteiger partial charge < -0.3 is 27.5 Å². The van der Waals surface area contributed by atoms with Gasteiger partial charge in [0.1, 0.15) is 6.10 Å². The predicted molar refractivity (Wildman–Crippen MR) is 90.4 cm³/mol. The smallest absolute Gasteiger partial charge is 0.460 e. The quantitative estimate of drug-likeness (QED) is 0.335. The van der Waals surface area contributed by atoms with Crippen LogP contribution in [0.25, 0.3) is 0 Å². The van der Waals surface area contributed by atoms with Gasteiger partial charge in [-0.05, 0) is 38.5 Å². The molecule has 24 heavy (non-hydrogen) atoms. The summed E-state index contributed by atoms with van der Waals surface area (Å²) in [7, 11) is 3.93. The van der Waals surface area contributed by atoms with Crippen molar-refractivity contribution in [2.45, 2.75) is 64.1 Å². The second-order valence-corrected chi connectivity index (χ2v) is 9.23. The number of ether oxygens (including phenoxy) is 3. The van der Waals surface area contributed by atoms with E-state index in [1.807, 2.05) is 6.92 Å². The van der Waals surface area contributed by atoms with E-state index in [1.165, 1.54) is 6.92 Å². The van der Waals surface area contributed by atoms with E-state index >= 15 is 0 Å². The molecule has 0 heterocycles. The van der Waals surface area contributed by atoms with Crippen molar-refractivity contribution in [3.63, 3.8) is 0 Å². The molecule has 0 N–H and O–H groups in total. The minimum absolute atomic E-state index is 0.161. The van der Waals surface area contributed by atoms with Crippen LogP contribution in [0.2, 0.25) is 6.04 Å². The van der Waals surface area contributed by atoms with Crippen LogP contribution in [0.5, 0.6) is 0 Å². The first-order valence-corrected chi connectivity index (χ1v) is 10.3. The Morgan fingerprint density at radius 2 is 1.71 bits per heavy atom. The van der Waals surface area contributed by atoms with Crippen LogP contribution in [-0.2, 0) is 32.3 Å². The molecular weight excluding hydrogens is 332 g/mol. The monoisotopic (exact) mass is 364 g/mol. The third-order valence-corrected chi connectivity index (χ3v) is 7.41. The minimum Gasteiger partial charge on any atom is -0.460 e. The molecule has 0 amide bonds. The molecule has 4 atom stereocenters. The van der Waals surface area contributed by atoms with Crippen LogP contribution in [0, 0.1) is 5.92 Å². The maximum atomic E-state index is 11.3. The van der Waals surface area contributed by atoms with E-state index in [4.69, 9.17) is 27.5 Å². The molecule has 1 fully saturated rings. The minimum atomic E-state index is -2.56. The van der Waals surface area contributed by atoms with Crippen LogP contribution in [0.3, 0.4) is 0 Å². The molecule has 0 spiro atoms. The van der Waals surface area contributed by atoms with E-state index in [9.17, 15) is 4.79 Å². The molecular formula is C16H32O7Si. The first-order chi connectivity index (χ1) is 11.4. The van der Waals surface area contributed by atoms with Gasteiger partial charge in [-0.25, -0.2) is 0 Å². The highest BCUT2D eigenvalue weighted by Crippen LogP contribution is 2.34. The van der Waals surface area contributed by atoms with Crippen LogP contribution < -0.4 is 0 Å². The fourth-order valence-electron chi connectivity index (χ4n) is 3.18. The Morgan fingerprint density at radius 3 is 2.21 bits per heavy atom. The first-order valence-electron chi connectivity index (χ1n) is 8.40. The van der Waals surface area contributed by atoms with Crippen molar-refractivity contribution in [1.29, 1.82) is 0 Å². The number of rotatable bonds is 10. The van der Waals surface area contributed by atoms with Gasteiger partial charge in [0.2, 0.25) is 0 Å². The Hall–Kier alpha value is -0.513. The van der Waals surface area contributed by atoms with Gasteiger partial charge >= 0.3 is 14.8 Å². The van der Waals surface area contributed by atoms with Gasteiger partial charge in [-0.15, -0.1) is 0 Å². The van der Waals surface area contributed by atoms with Gasteiger partial charge in [0.05, 0.1) is 6.10 Å². The molecule has 0 aromatic rings. The second-order valence-electron chi connectivity index (χ2n) is 6.14. The normalized spacial score (nSPS) is 26.2. The number of esters is 1. The summed E-state index contributed by atoms with van der Waals surface area (Å²) in [4.78, 5) is 11.3. The molecule has 142 valence electrons. The fraction of sp³-hybridized carbons (Fsp3) is 0.938. The van der Waals surface area contributed by atoms with Gasteiger partial charge in [0, 0.05) is 41.4 Å². The third-order valence-electron chi connectivity index (χ3n) is 4.65. The van der Waals surface area contributed by atoms with Crippen molar-refractivity contribution < 1.29 is 32.3 Å². The molecule has 0 bridgehead atoms. The Balaban J connectivity index is 2.64. The highest BCUT2D eigenvalue weighted by atomic mass is 28.4. The lowest BCUT2D eigenvalue weighted by Gasteiger charge is -2.37. The largest absolute Gasteiger partial charge is 0.500 e. The van der Waals surface area contributed by atoms with Gasteiger partial charge in [-0.1, -0.05) is 0 Å². The van der Waals surface area contributed by atoms with Crippen molar-refractivity contribution in [3.8, 4) is 0 Å². The van der Waals surface area contributed by atoms with Crippen LogP contribution in [0.4, 0.5) is 0 Å². The number of hydrogen-bond donors (Lipinski definition) is 0. The van der Waals surface area contributed by atoms with E-state index in [1.54, 1.807) is 28.4 Å². The summed E-state index contributed by atoms with van der Waals surface area (Å²) in [6.07, 6.45) is 2.78. The Morgan fingerprint density at radius 1 is 1.08 bits per heavy atom. The summed E-state index contributed by atoms with van der Waals surface area (Å²) in [6.45, 7) is 3.27. The topological polar surface area (TPSA) is 72.5 Å². The van der Waals surface area contributed by atoms with Crippen LogP contribution >= 0.6 is 0 Å². The standard InChI is InChI=1S/C16H32O7Si/c1-12(17)22-15-8-7-14(11-16(15)23-13(2)18-3)9-10-24(19-4,20-5)21-6/h13-16H,7-11H2,1-6H3. The molecule has 0 radical (unpaired) electrons. The molecule has 8 heteroatoms. The van der Waals surface area contributed by atoms with Gasteiger partial charge in [0.25, 0.3) is 0 Å². The SMILES string of the molecule is COC(C)OC1CC(CC[Si](OC)(OC)OC)CCC1OC(C)=O. The average molecular weight is 365 g/mol. The molecule has 1 rings (SSSR count). The van der Waals surface area contributed by atoms with E-state index in [0.717, 1.165) is 31.7 Å². The van der Waals surface area contributed by atoms with Gasteiger partial charge in [-0.2, -0.15) is 0 Å². The van der Waals surface area contributed by atoms with Crippen molar-refractivity contribution in [2.24, 2.45) is 5.92 Å². The Labute approximate surface area is 146 Å². The summed E-state index contributed by atoms with van der Waals surface area (Å²) in [5, 5.41) is 0. The third kappa shape index (κ3) is 6.42. The van der Waals surface area contributed by atoms with Crippen molar-refractivity contribution >= 4 is 14.8 Å². The van der Waals surface area contributed by atoms with E-state index < -0.39 is 8.80 Å². The van der Waals surface area contributed by atoms with Gasteiger partial charge in [0.15, 0.2) is 6.29 Å². The lowest BCUT2D eigenvalue weighted by molar-refractivity contribution is -0.197. The number of hydrogen-bond acceptors (Lipinski definition) is 7. The number of carbonyl (C=O) groups excluding carboxylic acids is 1. The molecule has 0 aliphatic heterocycles. The summed E-state index contributed by atoms with van der Waals surface area (Å²) in [5.41, 5.74) is 0. The lowest BCUT2D eigenvalue weighted by atomic mass is 9.83. The highest BCUT2D eigenvalue weighted by molar-refractivity contribution is 6.60.